The molecule has 1 heterocycles. The number of urea groups is 1. The van der Waals surface area contributed by atoms with E-state index in [-0.39, 0.29) is 18.1 Å². The average Bonchev–Trinajstić information content (AvgIpc) is 3.05. The fourth-order valence-electron chi connectivity index (χ4n) is 2.29. The first-order valence-corrected chi connectivity index (χ1v) is 7.68. The molecule has 0 bridgehead atoms. The lowest BCUT2D eigenvalue weighted by atomic mass is 10.1. The molecule has 0 aliphatic carbocycles. The summed E-state index contributed by atoms with van der Waals surface area (Å²) >= 11 is 0. The summed E-state index contributed by atoms with van der Waals surface area (Å²) in [7, 11) is 0. The predicted octanol–water partition coefficient (Wildman–Crippen LogP) is 1.47. The normalized spacial score (nSPS) is 13.3. The van der Waals surface area contributed by atoms with Gasteiger partial charge in [0.1, 0.15) is 12.7 Å². The number of hydrogen-bond donors (Lipinski definition) is 3. The highest BCUT2D eigenvalue weighted by molar-refractivity contribution is 5.73. The Labute approximate surface area is 135 Å². The van der Waals surface area contributed by atoms with Gasteiger partial charge in [-0.15, -0.1) is 0 Å². The van der Waals surface area contributed by atoms with Crippen LogP contribution < -0.4 is 10.6 Å². The molecule has 7 heteroatoms. The second kappa shape index (κ2) is 8.28. The van der Waals surface area contributed by atoms with Gasteiger partial charge in [0.2, 0.25) is 0 Å². The van der Waals surface area contributed by atoms with Gasteiger partial charge in [-0.3, -0.25) is 0 Å². The Morgan fingerprint density at radius 3 is 2.61 bits per heavy atom. The summed E-state index contributed by atoms with van der Waals surface area (Å²) < 4.78 is 1.67. The maximum atomic E-state index is 11.8. The number of carbonyl (C=O) groups excluding carboxylic acids is 1. The van der Waals surface area contributed by atoms with Gasteiger partial charge in [-0.05, 0) is 37.0 Å². The molecule has 7 nitrogen and oxygen atoms in total. The zero-order valence-electron chi connectivity index (χ0n) is 13.4. The van der Waals surface area contributed by atoms with E-state index in [0.717, 1.165) is 11.3 Å². The zero-order valence-corrected chi connectivity index (χ0v) is 13.4. The third-order valence-corrected chi connectivity index (χ3v) is 3.43. The van der Waals surface area contributed by atoms with Crippen LogP contribution >= 0.6 is 0 Å². The van der Waals surface area contributed by atoms with Crippen LogP contribution in [0.2, 0.25) is 0 Å². The molecule has 0 aliphatic rings. The molecule has 1 aromatic carbocycles. The third-order valence-electron chi connectivity index (χ3n) is 3.43. The number of aliphatic hydroxyl groups excluding tert-OH is 1. The second-order valence-electron chi connectivity index (χ2n) is 5.76. The molecular formula is C16H23N5O2. The van der Waals surface area contributed by atoms with Crippen LogP contribution in [0, 0.1) is 5.92 Å². The highest BCUT2D eigenvalue weighted by atomic mass is 16.3. The lowest BCUT2D eigenvalue weighted by Crippen LogP contribution is -2.37. The summed E-state index contributed by atoms with van der Waals surface area (Å²) in [5, 5.41) is 19.0. The first-order valence-electron chi connectivity index (χ1n) is 7.68. The van der Waals surface area contributed by atoms with Crippen LogP contribution in [-0.2, 0) is 6.54 Å². The number of benzene rings is 1. The summed E-state index contributed by atoms with van der Waals surface area (Å²) in [6.45, 7) is 4.74. The molecule has 2 aromatic rings. The molecule has 3 N–H and O–H groups in total. The van der Waals surface area contributed by atoms with Gasteiger partial charge in [0.25, 0.3) is 0 Å². The minimum absolute atomic E-state index is 0.206. The molecule has 1 aromatic heterocycles. The van der Waals surface area contributed by atoms with Crippen LogP contribution in [0.5, 0.6) is 0 Å². The van der Waals surface area contributed by atoms with Crippen molar-refractivity contribution in [1.29, 1.82) is 0 Å². The molecule has 2 unspecified atom stereocenters. The quantitative estimate of drug-likeness (QED) is 0.721. The Morgan fingerprint density at radius 2 is 2.00 bits per heavy atom. The maximum absolute atomic E-state index is 11.8. The van der Waals surface area contributed by atoms with Gasteiger partial charge in [-0.25, -0.2) is 14.5 Å². The van der Waals surface area contributed by atoms with Crippen molar-refractivity contribution in [3.05, 3.63) is 42.5 Å². The largest absolute Gasteiger partial charge is 0.393 e. The van der Waals surface area contributed by atoms with Crippen molar-refractivity contribution < 1.29 is 9.90 Å². The van der Waals surface area contributed by atoms with E-state index < -0.39 is 0 Å². The van der Waals surface area contributed by atoms with Crippen molar-refractivity contribution in [2.75, 3.05) is 6.54 Å². The van der Waals surface area contributed by atoms with Crippen LogP contribution in [0.1, 0.15) is 25.8 Å². The highest BCUT2D eigenvalue weighted by Gasteiger charge is 2.08. The van der Waals surface area contributed by atoms with Gasteiger partial charge >= 0.3 is 6.03 Å². The van der Waals surface area contributed by atoms with E-state index in [9.17, 15) is 9.90 Å². The minimum atomic E-state index is -0.349. The van der Waals surface area contributed by atoms with E-state index in [0.29, 0.717) is 19.5 Å². The molecule has 2 rings (SSSR count). The fourth-order valence-corrected chi connectivity index (χ4v) is 2.29. The first-order chi connectivity index (χ1) is 11.0. The minimum Gasteiger partial charge on any atom is -0.393 e. The summed E-state index contributed by atoms with van der Waals surface area (Å²) in [6, 6.07) is 7.52. The Hall–Kier alpha value is -2.41. The molecule has 0 fully saturated rings. The van der Waals surface area contributed by atoms with Gasteiger partial charge in [-0.2, -0.15) is 5.10 Å². The summed E-state index contributed by atoms with van der Waals surface area (Å²) in [5.41, 5.74) is 1.92. The molecule has 2 atom stereocenters. The van der Waals surface area contributed by atoms with Crippen molar-refractivity contribution >= 4 is 6.03 Å². The molecule has 0 aliphatic heterocycles. The van der Waals surface area contributed by atoms with Gasteiger partial charge in [0.15, 0.2) is 0 Å². The van der Waals surface area contributed by atoms with Crippen LogP contribution in [-0.4, -0.2) is 38.6 Å². The number of nitrogens with zero attached hydrogens (tertiary/aromatic N) is 3. The van der Waals surface area contributed by atoms with Crippen LogP contribution in [0.3, 0.4) is 0 Å². The van der Waals surface area contributed by atoms with E-state index in [1.54, 1.807) is 17.9 Å². The van der Waals surface area contributed by atoms with E-state index in [1.807, 2.05) is 31.2 Å². The molecule has 0 saturated heterocycles. The van der Waals surface area contributed by atoms with Crippen LogP contribution in [0.15, 0.2) is 36.9 Å². The lowest BCUT2D eigenvalue weighted by Gasteiger charge is -2.14. The van der Waals surface area contributed by atoms with Crippen molar-refractivity contribution in [3.8, 4) is 5.69 Å². The van der Waals surface area contributed by atoms with Gasteiger partial charge in [0.05, 0.1) is 11.8 Å². The standard InChI is InChI=1S/C16H23N5O2/c1-12(7-13(2)22)8-18-16(23)19-9-14-3-5-15(6-4-14)21-11-17-10-20-21/h3-6,10-13,22H,7-9H2,1-2H3,(H2,18,19,23). The van der Waals surface area contributed by atoms with Crippen molar-refractivity contribution in [2.45, 2.75) is 32.9 Å². The van der Waals surface area contributed by atoms with Gasteiger partial charge in [-0.1, -0.05) is 19.1 Å². The SMILES string of the molecule is CC(O)CC(C)CNC(=O)NCc1ccc(-n2cncn2)cc1. The lowest BCUT2D eigenvalue weighted by molar-refractivity contribution is 0.163. The van der Waals surface area contributed by atoms with E-state index in [2.05, 4.69) is 20.7 Å². The summed E-state index contributed by atoms with van der Waals surface area (Å²) in [4.78, 5) is 15.7. The molecular weight excluding hydrogens is 294 g/mol. The molecule has 2 amide bonds. The smallest absolute Gasteiger partial charge is 0.315 e. The third kappa shape index (κ3) is 5.71. The number of aliphatic hydroxyl groups is 1. The molecule has 23 heavy (non-hydrogen) atoms. The van der Waals surface area contributed by atoms with Gasteiger partial charge in [0, 0.05) is 13.1 Å². The Balaban J connectivity index is 1.74. The highest BCUT2D eigenvalue weighted by Crippen LogP contribution is 2.08. The van der Waals surface area contributed by atoms with E-state index in [4.69, 9.17) is 0 Å². The number of aromatic nitrogens is 3. The number of rotatable bonds is 7. The first kappa shape index (κ1) is 17.0. The van der Waals surface area contributed by atoms with E-state index >= 15 is 0 Å². The Bertz CT molecular complexity index is 595. The van der Waals surface area contributed by atoms with Crippen molar-refractivity contribution in [2.24, 2.45) is 5.92 Å². The zero-order chi connectivity index (χ0) is 16.7. The fraction of sp³-hybridized carbons (Fsp3) is 0.438. The van der Waals surface area contributed by atoms with Crippen LogP contribution in [0.4, 0.5) is 4.79 Å². The summed E-state index contributed by atoms with van der Waals surface area (Å²) in [5.74, 6) is 0.239. The van der Waals surface area contributed by atoms with Crippen molar-refractivity contribution in [3.63, 3.8) is 0 Å². The molecule has 0 radical (unpaired) electrons. The molecule has 124 valence electrons. The second-order valence-corrected chi connectivity index (χ2v) is 5.76. The number of amides is 2. The monoisotopic (exact) mass is 317 g/mol. The predicted molar refractivity (Wildman–Crippen MR) is 87.1 cm³/mol. The van der Waals surface area contributed by atoms with Gasteiger partial charge < -0.3 is 15.7 Å². The Kier molecular flexibility index (Phi) is 6.10. The van der Waals surface area contributed by atoms with Crippen LogP contribution in [0.25, 0.3) is 5.69 Å². The topological polar surface area (TPSA) is 92.1 Å². The van der Waals surface area contributed by atoms with E-state index in [1.165, 1.54) is 6.33 Å². The molecule has 0 saturated carbocycles. The van der Waals surface area contributed by atoms with Crippen molar-refractivity contribution in [1.82, 2.24) is 25.4 Å². The average molecular weight is 317 g/mol. The number of hydrogen-bond acceptors (Lipinski definition) is 4. The Morgan fingerprint density at radius 1 is 1.26 bits per heavy atom. The number of nitrogens with one attached hydrogen (secondary N) is 2. The summed E-state index contributed by atoms with van der Waals surface area (Å²) in [6.07, 6.45) is 3.44. The molecule has 0 spiro atoms. The maximum Gasteiger partial charge on any atom is 0.315 e. The number of carbonyl (C=O) groups is 1.